The van der Waals surface area contributed by atoms with E-state index < -0.39 is 0 Å². The van der Waals surface area contributed by atoms with Crippen LogP contribution < -0.4 is 5.56 Å². The second-order valence-corrected chi connectivity index (χ2v) is 11.5. The number of likely N-dealkylation sites (tertiary alicyclic amines) is 1. The van der Waals surface area contributed by atoms with Crippen molar-refractivity contribution in [1.29, 1.82) is 0 Å². The van der Waals surface area contributed by atoms with Crippen LogP contribution in [0.1, 0.15) is 60.8 Å². The van der Waals surface area contributed by atoms with Crippen LogP contribution in [0.5, 0.6) is 0 Å². The van der Waals surface area contributed by atoms with Gasteiger partial charge in [0.25, 0.3) is 5.56 Å². The van der Waals surface area contributed by atoms with Gasteiger partial charge in [-0.2, -0.15) is 0 Å². The highest BCUT2D eigenvalue weighted by atomic mass is 16.2. The zero-order valence-corrected chi connectivity index (χ0v) is 23.8. The average molecular weight is 525 g/mol. The second-order valence-electron chi connectivity index (χ2n) is 11.5. The summed E-state index contributed by atoms with van der Waals surface area (Å²) in [6.07, 6.45) is 4.12. The molecule has 1 saturated heterocycles. The number of H-pyrrole nitrogens is 1. The van der Waals surface area contributed by atoms with Crippen LogP contribution >= 0.6 is 0 Å². The fourth-order valence-corrected chi connectivity index (χ4v) is 5.89. The summed E-state index contributed by atoms with van der Waals surface area (Å²) < 4.78 is 1.83. The number of aryl methyl sites for hydroxylation is 1. The number of rotatable bonds is 7. The summed E-state index contributed by atoms with van der Waals surface area (Å²) >= 11 is 0. The van der Waals surface area contributed by atoms with Crippen LogP contribution in [0.15, 0.2) is 65.6 Å². The summed E-state index contributed by atoms with van der Waals surface area (Å²) in [5, 5.41) is 1.26. The summed E-state index contributed by atoms with van der Waals surface area (Å²) in [6, 6.07) is 19.0. The van der Waals surface area contributed by atoms with Crippen molar-refractivity contribution in [1.82, 2.24) is 19.4 Å². The number of fused-ring (bicyclic) bond motifs is 1. The zero-order chi connectivity index (χ0) is 27.7. The van der Waals surface area contributed by atoms with Crippen LogP contribution in [0.4, 0.5) is 0 Å². The van der Waals surface area contributed by atoms with E-state index in [0.29, 0.717) is 24.9 Å². The van der Waals surface area contributed by atoms with Crippen LogP contribution in [-0.4, -0.2) is 59.0 Å². The largest absolute Gasteiger partial charge is 0.354 e. The molecule has 1 N–H and O–H groups in total. The molecule has 1 fully saturated rings. The quantitative estimate of drug-likeness (QED) is 0.335. The first-order chi connectivity index (χ1) is 18.7. The molecule has 1 aliphatic heterocycles. The van der Waals surface area contributed by atoms with E-state index in [1.165, 1.54) is 16.5 Å². The molecule has 1 amide bonds. The van der Waals surface area contributed by atoms with Crippen molar-refractivity contribution in [3.63, 3.8) is 0 Å². The molecule has 0 atom stereocenters. The van der Waals surface area contributed by atoms with Gasteiger partial charge in [0.2, 0.25) is 5.91 Å². The smallest absolute Gasteiger partial charge is 0.253 e. The molecule has 6 nitrogen and oxygen atoms in total. The number of aromatic amines is 1. The van der Waals surface area contributed by atoms with Gasteiger partial charge in [-0.05, 0) is 79.6 Å². The van der Waals surface area contributed by atoms with Gasteiger partial charge in [0.1, 0.15) is 0 Å². The Hall–Kier alpha value is -3.64. The number of nitrogens with one attached hydrogen (secondary N) is 1. The third-order valence-electron chi connectivity index (χ3n) is 8.11. The highest BCUT2D eigenvalue weighted by Gasteiger charge is 2.24. The van der Waals surface area contributed by atoms with Crippen LogP contribution in [-0.2, 0) is 11.3 Å². The minimum Gasteiger partial charge on any atom is -0.354 e. The number of pyridine rings is 1. The van der Waals surface area contributed by atoms with Crippen LogP contribution in [0.25, 0.3) is 22.2 Å². The lowest BCUT2D eigenvalue weighted by Crippen LogP contribution is -2.40. The SMILES string of the molecule is Cc1cc(-c2[nH]c3ccc(C4CCN(CC(=O)N(C)C)CC4)cc3c2C(C)C)cn(Cc2ccccc2)c1=O. The molecule has 39 heavy (non-hydrogen) atoms. The molecule has 0 unspecified atom stereocenters. The molecule has 0 bridgehead atoms. The Morgan fingerprint density at radius 1 is 1.05 bits per heavy atom. The van der Waals surface area contributed by atoms with Crippen LogP contribution in [0, 0.1) is 6.92 Å². The van der Waals surface area contributed by atoms with Gasteiger partial charge in [-0.25, -0.2) is 0 Å². The first kappa shape index (κ1) is 26.9. The molecule has 2 aromatic heterocycles. The van der Waals surface area contributed by atoms with Gasteiger partial charge >= 0.3 is 0 Å². The van der Waals surface area contributed by atoms with Crippen LogP contribution in [0.3, 0.4) is 0 Å². The number of carbonyl (C=O) groups is 1. The number of amides is 1. The molecular formula is C33H40N4O2. The Morgan fingerprint density at radius 3 is 2.44 bits per heavy atom. The molecule has 2 aromatic carbocycles. The van der Waals surface area contributed by atoms with Crippen molar-refractivity contribution in [2.75, 3.05) is 33.7 Å². The van der Waals surface area contributed by atoms with Gasteiger partial charge in [0.05, 0.1) is 18.8 Å². The lowest BCUT2D eigenvalue weighted by atomic mass is 9.87. The number of piperidine rings is 1. The van der Waals surface area contributed by atoms with Gasteiger partial charge in [0.15, 0.2) is 0 Å². The van der Waals surface area contributed by atoms with E-state index in [9.17, 15) is 9.59 Å². The van der Waals surface area contributed by atoms with E-state index in [1.54, 1.807) is 4.90 Å². The Labute approximate surface area is 231 Å². The Kier molecular flexibility index (Phi) is 7.76. The van der Waals surface area contributed by atoms with Gasteiger partial charge < -0.3 is 14.5 Å². The fourth-order valence-electron chi connectivity index (χ4n) is 5.89. The molecule has 6 heteroatoms. The first-order valence-electron chi connectivity index (χ1n) is 14.0. The van der Waals surface area contributed by atoms with E-state index in [1.807, 2.05) is 56.0 Å². The van der Waals surface area contributed by atoms with Crippen molar-refractivity contribution in [2.45, 2.75) is 52.0 Å². The minimum atomic E-state index is 0.0470. The molecule has 3 heterocycles. The monoisotopic (exact) mass is 524 g/mol. The molecule has 0 aliphatic carbocycles. The fraction of sp³-hybridized carbons (Fsp3) is 0.394. The maximum atomic E-state index is 13.0. The topological polar surface area (TPSA) is 61.3 Å². The van der Waals surface area contributed by atoms with Crippen molar-refractivity contribution >= 4 is 16.8 Å². The van der Waals surface area contributed by atoms with Gasteiger partial charge in [0, 0.05) is 42.3 Å². The third-order valence-corrected chi connectivity index (χ3v) is 8.11. The first-order valence-corrected chi connectivity index (χ1v) is 14.0. The van der Waals surface area contributed by atoms with E-state index in [0.717, 1.165) is 53.8 Å². The zero-order valence-electron chi connectivity index (χ0n) is 23.8. The Morgan fingerprint density at radius 2 is 1.77 bits per heavy atom. The summed E-state index contributed by atoms with van der Waals surface area (Å²) in [5.74, 6) is 0.979. The minimum absolute atomic E-state index is 0.0470. The normalized spacial score (nSPS) is 14.8. The van der Waals surface area contributed by atoms with Gasteiger partial charge in [-0.15, -0.1) is 0 Å². The molecular weight excluding hydrogens is 484 g/mol. The standard InChI is InChI=1S/C33H40N4O2/c1-22(2)31-28-18-26(25-13-15-36(16-14-25)21-30(38)35(4)5)11-12-29(28)34-32(31)27-17-23(3)33(39)37(20-27)19-24-9-7-6-8-10-24/h6-12,17-18,20,22,25,34H,13-16,19,21H2,1-5H3. The molecule has 1 aliphatic rings. The van der Waals surface area contributed by atoms with E-state index in [4.69, 9.17) is 0 Å². The highest BCUT2D eigenvalue weighted by Crippen LogP contribution is 2.38. The predicted molar refractivity (Wildman–Crippen MR) is 159 cm³/mol. The summed E-state index contributed by atoms with van der Waals surface area (Å²) in [4.78, 5) is 32.8. The number of carbonyl (C=O) groups excluding carboxylic acids is 1. The predicted octanol–water partition coefficient (Wildman–Crippen LogP) is 5.74. The van der Waals surface area contributed by atoms with Gasteiger partial charge in [-0.3, -0.25) is 14.5 Å². The van der Waals surface area contributed by atoms with E-state index in [2.05, 4.69) is 54.1 Å². The molecule has 0 spiro atoms. The molecule has 0 radical (unpaired) electrons. The maximum Gasteiger partial charge on any atom is 0.253 e. The van der Waals surface area contributed by atoms with Crippen molar-refractivity contribution in [2.24, 2.45) is 0 Å². The lowest BCUT2D eigenvalue weighted by Gasteiger charge is -2.32. The average Bonchev–Trinajstić information content (AvgIpc) is 3.31. The van der Waals surface area contributed by atoms with Crippen molar-refractivity contribution in [3.8, 4) is 11.3 Å². The van der Waals surface area contributed by atoms with Crippen molar-refractivity contribution in [3.05, 3.63) is 93.4 Å². The molecule has 204 valence electrons. The van der Waals surface area contributed by atoms with Crippen LogP contribution in [0.2, 0.25) is 0 Å². The number of nitrogens with zero attached hydrogens (tertiary/aromatic N) is 3. The maximum absolute atomic E-state index is 13.0. The number of hydrogen-bond acceptors (Lipinski definition) is 3. The highest BCUT2D eigenvalue weighted by molar-refractivity contribution is 5.92. The van der Waals surface area contributed by atoms with E-state index >= 15 is 0 Å². The Bertz CT molecular complexity index is 1520. The second kappa shape index (κ2) is 11.2. The van der Waals surface area contributed by atoms with Gasteiger partial charge in [-0.1, -0.05) is 50.2 Å². The Balaban J connectivity index is 1.46. The lowest BCUT2D eigenvalue weighted by molar-refractivity contribution is -0.130. The summed E-state index contributed by atoms with van der Waals surface area (Å²) in [7, 11) is 3.64. The third kappa shape index (κ3) is 5.71. The van der Waals surface area contributed by atoms with Crippen molar-refractivity contribution < 1.29 is 4.79 Å². The number of aromatic nitrogens is 2. The number of likely N-dealkylation sites (N-methyl/N-ethyl adjacent to an activating group) is 1. The number of benzene rings is 2. The molecule has 5 rings (SSSR count). The number of hydrogen-bond donors (Lipinski definition) is 1. The molecule has 4 aromatic rings. The van der Waals surface area contributed by atoms with E-state index in [-0.39, 0.29) is 11.5 Å². The molecule has 0 saturated carbocycles. The summed E-state index contributed by atoms with van der Waals surface area (Å²) in [6.45, 7) is 9.33. The summed E-state index contributed by atoms with van der Waals surface area (Å²) in [5.41, 5.74) is 7.85.